The van der Waals surface area contributed by atoms with Crippen LogP contribution in [0.1, 0.15) is 13.8 Å². The first kappa shape index (κ1) is 16.2. The maximum Gasteiger partial charge on any atom is 0.490 e. The molecular formula is C8H13BClN3O4S2. The van der Waals surface area contributed by atoms with Gasteiger partial charge in [-0.2, -0.15) is 0 Å². The van der Waals surface area contributed by atoms with Crippen molar-refractivity contribution in [2.24, 2.45) is 10.7 Å². The summed E-state index contributed by atoms with van der Waals surface area (Å²) in [5, 5.41) is 18.2. The summed E-state index contributed by atoms with van der Waals surface area (Å²) in [7, 11) is -6.00. The molecule has 0 bridgehead atoms. The van der Waals surface area contributed by atoms with Crippen molar-refractivity contribution >= 4 is 51.5 Å². The zero-order valence-corrected chi connectivity index (χ0v) is 12.6. The number of hydrogen-bond acceptors (Lipinski definition) is 6. The van der Waals surface area contributed by atoms with E-state index in [0.717, 1.165) is 0 Å². The lowest BCUT2D eigenvalue weighted by molar-refractivity contribution is 0.425. The number of nitrogens with two attached hydrogens (primary N) is 1. The predicted molar refractivity (Wildman–Crippen MR) is 76.2 cm³/mol. The van der Waals surface area contributed by atoms with Crippen LogP contribution in [-0.2, 0) is 10.0 Å². The molecule has 19 heavy (non-hydrogen) atoms. The largest absolute Gasteiger partial charge is 0.490 e. The zero-order valence-electron chi connectivity index (χ0n) is 10.2. The van der Waals surface area contributed by atoms with Gasteiger partial charge in [0.1, 0.15) is 4.21 Å². The molecule has 7 nitrogen and oxygen atoms in total. The molecule has 0 aliphatic heterocycles. The maximum atomic E-state index is 12.0. The van der Waals surface area contributed by atoms with Crippen LogP contribution in [0.2, 0.25) is 4.34 Å². The quantitative estimate of drug-likeness (QED) is 0.324. The van der Waals surface area contributed by atoms with Crippen molar-refractivity contribution in [1.82, 2.24) is 4.72 Å². The van der Waals surface area contributed by atoms with Crippen LogP contribution in [0, 0.1) is 0 Å². The van der Waals surface area contributed by atoms with Gasteiger partial charge in [0.15, 0.2) is 0 Å². The van der Waals surface area contributed by atoms with Crippen LogP contribution < -0.4 is 15.9 Å². The molecule has 5 N–H and O–H groups in total. The first-order valence-corrected chi connectivity index (χ1v) is 7.82. The van der Waals surface area contributed by atoms with Crippen LogP contribution in [0.15, 0.2) is 15.3 Å². The Morgan fingerprint density at radius 3 is 2.63 bits per heavy atom. The van der Waals surface area contributed by atoms with Crippen molar-refractivity contribution in [1.29, 1.82) is 0 Å². The van der Waals surface area contributed by atoms with E-state index in [0.29, 0.717) is 11.3 Å². The SMILES string of the molecule is CC(C)N=C(N)NS(=O)(=O)c1sc(Cl)cc1B(O)O. The second kappa shape index (κ2) is 6.10. The zero-order chi connectivity index (χ0) is 14.8. The molecule has 0 radical (unpaired) electrons. The molecule has 0 atom stereocenters. The fourth-order valence-electron chi connectivity index (χ4n) is 1.24. The van der Waals surface area contributed by atoms with Crippen LogP contribution in [0.4, 0.5) is 0 Å². The molecule has 0 saturated heterocycles. The van der Waals surface area contributed by atoms with Gasteiger partial charge in [0.25, 0.3) is 10.0 Å². The minimum atomic E-state index is -4.05. The minimum Gasteiger partial charge on any atom is -0.423 e. The lowest BCUT2D eigenvalue weighted by Crippen LogP contribution is -2.41. The molecule has 11 heteroatoms. The molecule has 0 fully saturated rings. The van der Waals surface area contributed by atoms with Crippen molar-refractivity contribution in [3.8, 4) is 0 Å². The van der Waals surface area contributed by atoms with Crippen LogP contribution in [-0.4, -0.2) is 37.6 Å². The van der Waals surface area contributed by atoms with E-state index in [1.807, 2.05) is 4.72 Å². The monoisotopic (exact) mass is 325 g/mol. The van der Waals surface area contributed by atoms with Gasteiger partial charge in [0, 0.05) is 11.5 Å². The second-order valence-corrected chi connectivity index (χ2v) is 7.44. The van der Waals surface area contributed by atoms with Gasteiger partial charge in [0.05, 0.1) is 4.34 Å². The van der Waals surface area contributed by atoms with Gasteiger partial charge in [-0.05, 0) is 19.9 Å². The normalized spacial score (nSPS) is 12.8. The number of guanidine groups is 1. The summed E-state index contributed by atoms with van der Waals surface area (Å²) < 4.78 is 25.9. The number of nitrogens with zero attached hydrogens (tertiary/aromatic N) is 1. The lowest BCUT2D eigenvalue weighted by Gasteiger charge is -2.08. The summed E-state index contributed by atoms with van der Waals surface area (Å²) >= 11 is 6.37. The molecule has 106 valence electrons. The molecule has 1 heterocycles. The standard InChI is InChI=1S/C8H13BClN3O4S2/c1-4(2)12-8(11)13-19(16,17)7-5(9(14)15)3-6(10)18-7/h3-4,14-15H,1-2H3,(H3,11,12,13). The molecule has 0 amide bonds. The molecule has 0 unspecified atom stereocenters. The number of hydrogen-bond donors (Lipinski definition) is 4. The van der Waals surface area contributed by atoms with E-state index in [9.17, 15) is 8.42 Å². The summed E-state index contributed by atoms with van der Waals surface area (Å²) in [5.41, 5.74) is 5.23. The molecule has 0 aromatic carbocycles. The van der Waals surface area contributed by atoms with Crippen molar-refractivity contribution in [3.05, 3.63) is 10.4 Å². The van der Waals surface area contributed by atoms with Crippen LogP contribution in [0.5, 0.6) is 0 Å². The summed E-state index contributed by atoms with van der Waals surface area (Å²) in [4.78, 5) is 3.82. The van der Waals surface area contributed by atoms with Gasteiger partial charge >= 0.3 is 7.12 Å². The van der Waals surface area contributed by atoms with Gasteiger partial charge in [-0.3, -0.25) is 0 Å². The Labute approximate surface area is 120 Å². The minimum absolute atomic E-state index is 0.114. The van der Waals surface area contributed by atoms with E-state index in [2.05, 4.69) is 4.99 Å². The van der Waals surface area contributed by atoms with Gasteiger partial charge in [-0.15, -0.1) is 11.3 Å². The average molecular weight is 326 g/mol. The third-order valence-corrected chi connectivity index (χ3v) is 5.04. The van der Waals surface area contributed by atoms with Crippen LogP contribution in [0.3, 0.4) is 0 Å². The van der Waals surface area contributed by atoms with Crippen molar-refractivity contribution in [2.45, 2.75) is 24.1 Å². The fourth-order valence-corrected chi connectivity index (χ4v) is 4.10. The fraction of sp³-hybridized carbons (Fsp3) is 0.375. The van der Waals surface area contributed by atoms with Crippen LogP contribution >= 0.6 is 22.9 Å². The molecular weight excluding hydrogens is 313 g/mol. The highest BCUT2D eigenvalue weighted by Crippen LogP contribution is 2.24. The molecule has 0 spiro atoms. The van der Waals surface area contributed by atoms with E-state index in [4.69, 9.17) is 27.4 Å². The highest BCUT2D eigenvalue weighted by Gasteiger charge is 2.28. The number of halogens is 1. The van der Waals surface area contributed by atoms with E-state index >= 15 is 0 Å². The Hall–Kier alpha value is -0.805. The Morgan fingerprint density at radius 2 is 2.16 bits per heavy atom. The number of nitrogens with one attached hydrogen (secondary N) is 1. The second-order valence-electron chi connectivity index (χ2n) is 3.88. The highest BCUT2D eigenvalue weighted by atomic mass is 35.5. The number of aliphatic imine (C=N–C) groups is 1. The van der Waals surface area contributed by atoms with Gasteiger partial charge in [0.2, 0.25) is 5.96 Å². The molecule has 0 saturated carbocycles. The van der Waals surface area contributed by atoms with Crippen LogP contribution in [0.25, 0.3) is 0 Å². The number of thiophene rings is 1. The maximum absolute atomic E-state index is 12.0. The smallest absolute Gasteiger partial charge is 0.423 e. The Morgan fingerprint density at radius 1 is 1.58 bits per heavy atom. The molecule has 0 aliphatic rings. The first-order chi connectivity index (χ1) is 8.63. The van der Waals surface area contributed by atoms with E-state index in [-0.39, 0.29) is 26.0 Å². The Kier molecular flexibility index (Phi) is 5.22. The van der Waals surface area contributed by atoms with E-state index < -0.39 is 17.1 Å². The predicted octanol–water partition coefficient (Wildman–Crippen LogP) is -0.917. The van der Waals surface area contributed by atoms with Gasteiger partial charge in [-0.1, -0.05) is 11.6 Å². The van der Waals surface area contributed by atoms with Gasteiger partial charge in [-0.25, -0.2) is 18.1 Å². The van der Waals surface area contributed by atoms with Crippen molar-refractivity contribution in [3.63, 3.8) is 0 Å². The summed E-state index contributed by atoms with van der Waals surface area (Å²) in [6.45, 7) is 3.46. The highest BCUT2D eigenvalue weighted by molar-refractivity contribution is 7.92. The van der Waals surface area contributed by atoms with Gasteiger partial charge < -0.3 is 15.8 Å². The Bertz CT molecular complexity index is 585. The Balaban J connectivity index is 3.14. The van der Waals surface area contributed by atoms with E-state index in [1.165, 1.54) is 6.07 Å². The average Bonchev–Trinajstić information content (AvgIpc) is 2.58. The lowest BCUT2D eigenvalue weighted by atomic mass is 9.83. The number of sulfonamides is 1. The topological polar surface area (TPSA) is 125 Å². The third kappa shape index (κ3) is 4.35. The number of rotatable bonds is 4. The summed E-state index contributed by atoms with van der Waals surface area (Å²) in [6.07, 6.45) is 0. The van der Waals surface area contributed by atoms with E-state index in [1.54, 1.807) is 13.8 Å². The molecule has 1 aromatic rings. The first-order valence-electron chi connectivity index (χ1n) is 5.15. The summed E-state index contributed by atoms with van der Waals surface area (Å²) in [5.74, 6) is -0.280. The van der Waals surface area contributed by atoms with Crippen molar-refractivity contribution < 1.29 is 18.5 Å². The summed E-state index contributed by atoms with van der Waals surface area (Å²) in [6, 6.07) is 0.985. The molecule has 1 rings (SSSR count). The molecule has 1 aromatic heterocycles. The third-order valence-electron chi connectivity index (χ3n) is 1.85. The molecule has 0 aliphatic carbocycles. The van der Waals surface area contributed by atoms with Crippen molar-refractivity contribution in [2.75, 3.05) is 0 Å².